The second kappa shape index (κ2) is 12.3. The topological polar surface area (TPSA) is 49.9 Å². The monoisotopic (exact) mass is 340 g/mol. The van der Waals surface area contributed by atoms with Gasteiger partial charge in [0.2, 0.25) is 5.91 Å². The third-order valence-electron chi connectivity index (χ3n) is 5.24. The van der Waals surface area contributed by atoms with Crippen LogP contribution in [0.5, 0.6) is 0 Å². The van der Waals surface area contributed by atoms with Gasteiger partial charge in [0.05, 0.1) is 13.5 Å². The van der Waals surface area contributed by atoms with E-state index in [1.165, 1.54) is 39.2 Å². The molecule has 0 aromatic heterocycles. The molecule has 0 radical (unpaired) electrons. The van der Waals surface area contributed by atoms with Crippen LogP contribution in [0.2, 0.25) is 0 Å². The third-order valence-corrected chi connectivity index (χ3v) is 5.24. The number of hydrogen-bond donors (Lipinski definition) is 0. The van der Waals surface area contributed by atoms with Crippen LogP contribution in [0.1, 0.15) is 65.2 Å². The summed E-state index contributed by atoms with van der Waals surface area (Å²) in [4.78, 5) is 28.2. The number of ether oxygens (including phenoxy) is 1. The molecule has 0 saturated heterocycles. The number of carbonyl (C=O) groups is 2. The summed E-state index contributed by atoms with van der Waals surface area (Å²) in [6.07, 6.45) is 8.41. The molecule has 1 rings (SSSR count). The van der Waals surface area contributed by atoms with Gasteiger partial charge in [-0.05, 0) is 25.4 Å². The number of rotatable bonds is 11. The summed E-state index contributed by atoms with van der Waals surface area (Å²) in [5, 5.41) is 0. The van der Waals surface area contributed by atoms with Gasteiger partial charge >= 0.3 is 5.97 Å². The Bertz CT molecular complexity index is 364. The first kappa shape index (κ1) is 20.9. The lowest BCUT2D eigenvalue weighted by Gasteiger charge is -2.27. The highest BCUT2D eigenvalue weighted by Gasteiger charge is 2.19. The normalized spacial score (nSPS) is 15.5. The highest BCUT2D eigenvalue weighted by Crippen LogP contribution is 2.27. The molecule has 24 heavy (non-hydrogen) atoms. The Morgan fingerprint density at radius 2 is 1.62 bits per heavy atom. The van der Waals surface area contributed by atoms with Crippen LogP contribution in [0.25, 0.3) is 0 Å². The number of carbonyl (C=O) groups excluding carboxylic acids is 2. The lowest BCUT2D eigenvalue weighted by molar-refractivity contribution is -0.141. The molecule has 0 N–H and O–H groups in total. The molecular formula is C19H36N2O3. The summed E-state index contributed by atoms with van der Waals surface area (Å²) >= 11 is 0. The fourth-order valence-electron chi connectivity index (χ4n) is 3.45. The maximum Gasteiger partial charge on any atom is 0.307 e. The number of esters is 1. The van der Waals surface area contributed by atoms with Gasteiger partial charge in [-0.1, -0.05) is 46.0 Å². The molecule has 140 valence electrons. The Balaban J connectivity index is 2.46. The van der Waals surface area contributed by atoms with Crippen molar-refractivity contribution in [2.75, 3.05) is 39.8 Å². The second-order valence-electron chi connectivity index (χ2n) is 6.78. The largest absolute Gasteiger partial charge is 0.469 e. The minimum Gasteiger partial charge on any atom is -0.469 e. The zero-order valence-electron chi connectivity index (χ0n) is 15.9. The Morgan fingerprint density at radius 1 is 0.958 bits per heavy atom. The zero-order valence-corrected chi connectivity index (χ0v) is 15.9. The van der Waals surface area contributed by atoms with Crippen molar-refractivity contribution in [2.45, 2.75) is 65.2 Å². The number of amides is 1. The van der Waals surface area contributed by atoms with Crippen molar-refractivity contribution >= 4 is 11.9 Å². The average Bonchev–Trinajstić information content (AvgIpc) is 2.63. The van der Waals surface area contributed by atoms with Gasteiger partial charge in [-0.2, -0.15) is 0 Å². The Hall–Kier alpha value is -1.10. The van der Waals surface area contributed by atoms with Crippen molar-refractivity contribution < 1.29 is 14.3 Å². The first-order chi connectivity index (χ1) is 11.6. The minimum absolute atomic E-state index is 0.191. The predicted octanol–water partition coefficient (Wildman–Crippen LogP) is 3.08. The Morgan fingerprint density at radius 3 is 2.21 bits per heavy atom. The lowest BCUT2D eigenvalue weighted by Crippen LogP contribution is -2.40. The maximum atomic E-state index is 12.6. The van der Waals surface area contributed by atoms with Crippen LogP contribution in [0.4, 0.5) is 0 Å². The Labute approximate surface area is 147 Å². The molecule has 0 aliphatic heterocycles. The molecular weight excluding hydrogens is 304 g/mol. The van der Waals surface area contributed by atoms with Crippen molar-refractivity contribution in [1.29, 1.82) is 0 Å². The molecule has 5 heteroatoms. The van der Waals surface area contributed by atoms with Crippen LogP contribution >= 0.6 is 0 Å². The van der Waals surface area contributed by atoms with E-state index in [0.29, 0.717) is 25.4 Å². The van der Waals surface area contributed by atoms with Crippen LogP contribution in [-0.4, -0.2) is 61.5 Å². The fraction of sp³-hybridized carbons (Fsp3) is 0.895. The van der Waals surface area contributed by atoms with E-state index in [0.717, 1.165) is 26.1 Å². The highest BCUT2D eigenvalue weighted by molar-refractivity contribution is 5.77. The van der Waals surface area contributed by atoms with E-state index >= 15 is 0 Å². The molecule has 0 aromatic carbocycles. The van der Waals surface area contributed by atoms with Gasteiger partial charge in [-0.15, -0.1) is 0 Å². The van der Waals surface area contributed by atoms with Crippen LogP contribution in [0, 0.1) is 5.92 Å². The molecule has 0 bridgehead atoms. The van der Waals surface area contributed by atoms with Crippen LogP contribution < -0.4 is 0 Å². The van der Waals surface area contributed by atoms with E-state index in [4.69, 9.17) is 4.74 Å². The number of nitrogens with zero attached hydrogens (tertiary/aromatic N) is 2. The van der Waals surface area contributed by atoms with Crippen molar-refractivity contribution in [3.8, 4) is 0 Å². The standard InChI is InChI=1S/C19H36N2O3/c1-4-20(5-2)15-16-21(14-13-19(23)24-3)18(22)12-11-17-9-7-6-8-10-17/h17H,4-16H2,1-3H3. The van der Waals surface area contributed by atoms with E-state index in [1.54, 1.807) is 0 Å². The second-order valence-corrected chi connectivity index (χ2v) is 6.78. The Kier molecular flexibility index (Phi) is 10.7. The van der Waals surface area contributed by atoms with Gasteiger partial charge in [0.25, 0.3) is 0 Å². The average molecular weight is 341 g/mol. The summed E-state index contributed by atoms with van der Waals surface area (Å²) < 4.78 is 4.72. The molecule has 1 saturated carbocycles. The molecule has 0 unspecified atom stereocenters. The molecule has 0 atom stereocenters. The molecule has 5 nitrogen and oxygen atoms in total. The number of likely N-dealkylation sites (N-methyl/N-ethyl adjacent to an activating group) is 1. The van der Waals surface area contributed by atoms with Gasteiger partial charge in [-0.25, -0.2) is 0 Å². The minimum atomic E-state index is -0.247. The summed E-state index contributed by atoms with van der Waals surface area (Å²) in [7, 11) is 1.40. The van der Waals surface area contributed by atoms with Crippen LogP contribution in [-0.2, 0) is 14.3 Å². The lowest BCUT2D eigenvalue weighted by atomic mass is 9.86. The summed E-state index contributed by atoms with van der Waals surface area (Å²) in [6.45, 7) is 8.26. The first-order valence-electron chi connectivity index (χ1n) is 9.67. The van der Waals surface area contributed by atoms with E-state index in [-0.39, 0.29) is 18.3 Å². The third kappa shape index (κ3) is 8.13. The SMILES string of the molecule is CCN(CC)CCN(CCC(=O)OC)C(=O)CCC1CCCCC1. The first-order valence-corrected chi connectivity index (χ1v) is 9.67. The molecule has 1 amide bonds. The highest BCUT2D eigenvalue weighted by atomic mass is 16.5. The summed E-state index contributed by atoms with van der Waals surface area (Å²) in [5.74, 6) is 0.660. The van der Waals surface area contributed by atoms with Crippen molar-refractivity contribution in [3.05, 3.63) is 0 Å². The van der Waals surface area contributed by atoms with Crippen LogP contribution in [0.15, 0.2) is 0 Å². The molecule has 0 spiro atoms. The quantitative estimate of drug-likeness (QED) is 0.542. The zero-order chi connectivity index (χ0) is 17.8. The predicted molar refractivity (Wildman–Crippen MR) is 96.8 cm³/mol. The van der Waals surface area contributed by atoms with E-state index in [2.05, 4.69) is 18.7 Å². The van der Waals surface area contributed by atoms with Gasteiger partial charge in [-0.3, -0.25) is 9.59 Å². The molecule has 0 heterocycles. The van der Waals surface area contributed by atoms with Crippen molar-refractivity contribution in [3.63, 3.8) is 0 Å². The number of methoxy groups -OCH3 is 1. The smallest absolute Gasteiger partial charge is 0.307 e. The molecule has 1 aliphatic rings. The van der Waals surface area contributed by atoms with Gasteiger partial charge in [0, 0.05) is 26.1 Å². The van der Waals surface area contributed by atoms with Crippen molar-refractivity contribution in [1.82, 2.24) is 9.80 Å². The molecule has 1 fully saturated rings. The number of hydrogen-bond acceptors (Lipinski definition) is 4. The van der Waals surface area contributed by atoms with Crippen LogP contribution in [0.3, 0.4) is 0 Å². The molecule has 0 aromatic rings. The van der Waals surface area contributed by atoms with Gasteiger partial charge in [0.15, 0.2) is 0 Å². The van der Waals surface area contributed by atoms with Gasteiger partial charge < -0.3 is 14.5 Å². The summed E-state index contributed by atoms with van der Waals surface area (Å²) in [5.41, 5.74) is 0. The molecule has 1 aliphatic carbocycles. The summed E-state index contributed by atoms with van der Waals surface area (Å²) in [6, 6.07) is 0. The van der Waals surface area contributed by atoms with Gasteiger partial charge in [0.1, 0.15) is 0 Å². The van der Waals surface area contributed by atoms with E-state index in [1.807, 2.05) is 4.90 Å². The van der Waals surface area contributed by atoms with E-state index in [9.17, 15) is 9.59 Å². The fourth-order valence-corrected chi connectivity index (χ4v) is 3.45. The maximum absolute atomic E-state index is 12.6. The van der Waals surface area contributed by atoms with E-state index < -0.39 is 0 Å². The van der Waals surface area contributed by atoms with Crippen molar-refractivity contribution in [2.24, 2.45) is 5.92 Å².